The van der Waals surface area contributed by atoms with Crippen LogP contribution >= 0.6 is 0 Å². The van der Waals surface area contributed by atoms with Gasteiger partial charge in [-0.25, -0.2) is 9.59 Å². The number of hydrogen-bond acceptors (Lipinski definition) is 7. The maximum absolute atomic E-state index is 12.3. The van der Waals surface area contributed by atoms with Gasteiger partial charge in [0.1, 0.15) is 23.0 Å². The zero-order valence-electron chi connectivity index (χ0n) is 15.0. The van der Waals surface area contributed by atoms with Crippen molar-refractivity contribution in [3.8, 4) is 17.2 Å². The highest BCUT2D eigenvalue weighted by Crippen LogP contribution is 2.43. The second-order valence-electron chi connectivity index (χ2n) is 5.95. The molecule has 1 amide bonds. The molecule has 0 radical (unpaired) electrons. The molecule has 2 aromatic carbocycles. The number of methoxy groups -OCH3 is 2. The van der Waals surface area contributed by atoms with Gasteiger partial charge in [0.25, 0.3) is 0 Å². The van der Waals surface area contributed by atoms with Gasteiger partial charge in [-0.1, -0.05) is 6.07 Å². The Bertz CT molecular complexity index is 969. The van der Waals surface area contributed by atoms with E-state index >= 15 is 0 Å². The minimum absolute atomic E-state index is 0.171. The zero-order chi connectivity index (χ0) is 20.4. The monoisotopic (exact) mass is 387 g/mol. The summed E-state index contributed by atoms with van der Waals surface area (Å²) >= 11 is 0. The zero-order valence-corrected chi connectivity index (χ0v) is 15.0. The lowest BCUT2D eigenvalue weighted by Crippen LogP contribution is -2.16. The summed E-state index contributed by atoms with van der Waals surface area (Å²) in [6.45, 7) is 0. The molecule has 0 saturated carbocycles. The Morgan fingerprint density at radius 2 is 1.93 bits per heavy atom. The predicted molar refractivity (Wildman–Crippen MR) is 96.0 cm³/mol. The molecule has 0 aliphatic carbocycles. The third-order valence-electron chi connectivity index (χ3n) is 4.26. The highest BCUT2D eigenvalue weighted by Gasteiger charge is 2.36. The Hall–Kier alpha value is -3.75. The van der Waals surface area contributed by atoms with E-state index in [0.29, 0.717) is 11.3 Å². The van der Waals surface area contributed by atoms with Gasteiger partial charge in [-0.05, 0) is 18.2 Å². The number of benzene rings is 2. The normalized spacial score (nSPS) is 14.8. The standard InChI is InChI=1S/C19H17NO8/c1-26-13-6-5-11-14(28-19(25)16(11)17(13)27-2)8-15(22)20-9-3-4-10(18(23)24)12(21)7-9/h3-7,14,21H,8H2,1-2H3,(H,20,22)(H,23,24)/t14-/m1/s1. The largest absolute Gasteiger partial charge is 0.507 e. The molecule has 1 aliphatic rings. The number of aromatic carboxylic acids is 1. The fraction of sp³-hybridized carbons (Fsp3) is 0.211. The van der Waals surface area contributed by atoms with Crippen LogP contribution in [-0.2, 0) is 9.53 Å². The second kappa shape index (κ2) is 7.47. The number of cyclic esters (lactones) is 1. The predicted octanol–water partition coefficient (Wildman–Crippen LogP) is 2.35. The number of ether oxygens (including phenoxy) is 3. The number of carbonyl (C=O) groups excluding carboxylic acids is 2. The van der Waals surface area contributed by atoms with Gasteiger partial charge < -0.3 is 29.7 Å². The molecule has 1 heterocycles. The van der Waals surface area contributed by atoms with E-state index in [1.165, 1.54) is 26.4 Å². The molecule has 0 bridgehead atoms. The lowest BCUT2D eigenvalue weighted by molar-refractivity contribution is -0.118. The van der Waals surface area contributed by atoms with E-state index in [0.717, 1.165) is 6.07 Å². The van der Waals surface area contributed by atoms with Crippen LogP contribution in [0.4, 0.5) is 5.69 Å². The summed E-state index contributed by atoms with van der Waals surface area (Å²) in [5.41, 5.74) is 0.645. The third-order valence-corrected chi connectivity index (χ3v) is 4.26. The van der Waals surface area contributed by atoms with Crippen molar-refractivity contribution in [2.24, 2.45) is 0 Å². The molecular formula is C19H17NO8. The number of carboxylic acids is 1. The highest BCUT2D eigenvalue weighted by atomic mass is 16.6. The summed E-state index contributed by atoms with van der Waals surface area (Å²) in [5, 5.41) is 21.1. The van der Waals surface area contributed by atoms with Crippen molar-refractivity contribution in [1.29, 1.82) is 0 Å². The van der Waals surface area contributed by atoms with Crippen LogP contribution in [0.1, 0.15) is 38.8 Å². The topological polar surface area (TPSA) is 131 Å². The van der Waals surface area contributed by atoms with Crippen LogP contribution in [0, 0.1) is 0 Å². The van der Waals surface area contributed by atoms with Crippen LogP contribution in [0.2, 0.25) is 0 Å². The van der Waals surface area contributed by atoms with Crippen molar-refractivity contribution in [1.82, 2.24) is 0 Å². The van der Waals surface area contributed by atoms with E-state index < -0.39 is 29.7 Å². The smallest absolute Gasteiger partial charge is 0.343 e. The van der Waals surface area contributed by atoms with Gasteiger partial charge in [-0.2, -0.15) is 0 Å². The first kappa shape index (κ1) is 19.0. The number of amides is 1. The van der Waals surface area contributed by atoms with Crippen molar-refractivity contribution in [3.63, 3.8) is 0 Å². The second-order valence-corrected chi connectivity index (χ2v) is 5.95. The average Bonchev–Trinajstić information content (AvgIpc) is 2.96. The highest BCUT2D eigenvalue weighted by molar-refractivity contribution is 5.99. The number of hydrogen-bond donors (Lipinski definition) is 3. The van der Waals surface area contributed by atoms with Crippen molar-refractivity contribution in [3.05, 3.63) is 47.0 Å². The molecule has 1 aliphatic heterocycles. The number of fused-ring (bicyclic) bond motifs is 1. The molecule has 0 unspecified atom stereocenters. The summed E-state index contributed by atoms with van der Waals surface area (Å²) in [5.74, 6) is -2.25. The third kappa shape index (κ3) is 3.41. The molecule has 0 spiro atoms. The lowest BCUT2D eigenvalue weighted by Gasteiger charge is -2.13. The number of nitrogens with one attached hydrogen (secondary N) is 1. The minimum Gasteiger partial charge on any atom is -0.507 e. The van der Waals surface area contributed by atoms with E-state index in [4.69, 9.17) is 19.3 Å². The first-order valence-corrected chi connectivity index (χ1v) is 8.17. The van der Waals surface area contributed by atoms with Crippen LogP contribution in [-0.4, -0.2) is 42.3 Å². The lowest BCUT2D eigenvalue weighted by atomic mass is 10.0. The first-order valence-electron chi connectivity index (χ1n) is 8.17. The van der Waals surface area contributed by atoms with Crippen LogP contribution in [0.25, 0.3) is 0 Å². The number of rotatable bonds is 6. The molecule has 9 heteroatoms. The number of anilines is 1. The molecule has 0 saturated heterocycles. The number of carboxylic acid groups (broad SMARTS) is 1. The number of phenols is 1. The number of aromatic hydroxyl groups is 1. The molecule has 2 aromatic rings. The van der Waals surface area contributed by atoms with E-state index in [9.17, 15) is 19.5 Å². The maximum Gasteiger partial charge on any atom is 0.343 e. The van der Waals surface area contributed by atoms with Gasteiger partial charge in [0.15, 0.2) is 11.5 Å². The van der Waals surface area contributed by atoms with Gasteiger partial charge in [-0.3, -0.25) is 4.79 Å². The van der Waals surface area contributed by atoms with E-state index in [2.05, 4.69) is 5.32 Å². The molecule has 0 aromatic heterocycles. The summed E-state index contributed by atoms with van der Waals surface area (Å²) < 4.78 is 15.7. The molecule has 0 fully saturated rings. The van der Waals surface area contributed by atoms with E-state index in [-0.39, 0.29) is 29.0 Å². The van der Waals surface area contributed by atoms with Gasteiger partial charge in [-0.15, -0.1) is 0 Å². The van der Waals surface area contributed by atoms with Crippen LogP contribution < -0.4 is 14.8 Å². The number of carbonyl (C=O) groups is 3. The molecule has 3 N–H and O–H groups in total. The molecular weight excluding hydrogens is 370 g/mol. The van der Waals surface area contributed by atoms with Crippen molar-refractivity contribution >= 4 is 23.5 Å². The molecule has 1 atom stereocenters. The molecule has 9 nitrogen and oxygen atoms in total. The number of esters is 1. The van der Waals surface area contributed by atoms with Crippen molar-refractivity contribution in [2.45, 2.75) is 12.5 Å². The quantitative estimate of drug-likeness (QED) is 0.644. The minimum atomic E-state index is -1.28. The van der Waals surface area contributed by atoms with Gasteiger partial charge in [0.2, 0.25) is 5.91 Å². The summed E-state index contributed by atoms with van der Waals surface area (Å²) in [7, 11) is 2.85. The van der Waals surface area contributed by atoms with Crippen LogP contribution in [0.5, 0.6) is 17.2 Å². The van der Waals surface area contributed by atoms with Gasteiger partial charge in [0, 0.05) is 17.3 Å². The van der Waals surface area contributed by atoms with Crippen molar-refractivity contribution < 1.29 is 38.8 Å². The van der Waals surface area contributed by atoms with Crippen molar-refractivity contribution in [2.75, 3.05) is 19.5 Å². The summed E-state index contributed by atoms with van der Waals surface area (Å²) in [4.78, 5) is 35.5. The summed E-state index contributed by atoms with van der Waals surface area (Å²) in [6.07, 6.45) is -0.982. The Morgan fingerprint density at radius 3 is 2.54 bits per heavy atom. The Labute approximate surface area is 159 Å². The Balaban J connectivity index is 1.77. The van der Waals surface area contributed by atoms with E-state index in [1.807, 2.05) is 0 Å². The first-order chi connectivity index (χ1) is 13.3. The Morgan fingerprint density at radius 1 is 1.18 bits per heavy atom. The fourth-order valence-corrected chi connectivity index (χ4v) is 2.99. The summed E-state index contributed by atoms with van der Waals surface area (Å²) in [6, 6.07) is 6.91. The SMILES string of the molecule is COc1ccc2c(c1OC)C(=O)O[C@@H]2CC(=O)Nc1ccc(C(=O)O)c(O)c1. The molecule has 3 rings (SSSR count). The van der Waals surface area contributed by atoms with Crippen LogP contribution in [0.3, 0.4) is 0 Å². The van der Waals surface area contributed by atoms with Crippen LogP contribution in [0.15, 0.2) is 30.3 Å². The average molecular weight is 387 g/mol. The Kier molecular flexibility index (Phi) is 5.08. The fourth-order valence-electron chi connectivity index (χ4n) is 2.99. The molecule has 146 valence electrons. The van der Waals surface area contributed by atoms with Gasteiger partial charge >= 0.3 is 11.9 Å². The molecule has 28 heavy (non-hydrogen) atoms. The maximum atomic E-state index is 12.3. The van der Waals surface area contributed by atoms with Gasteiger partial charge in [0.05, 0.1) is 20.6 Å². The van der Waals surface area contributed by atoms with E-state index in [1.54, 1.807) is 12.1 Å².